The fourth-order valence-electron chi connectivity index (χ4n) is 9.35. The molecule has 6 nitrogen and oxygen atoms in total. The van der Waals surface area contributed by atoms with Crippen LogP contribution in [0.4, 0.5) is 0 Å². The van der Waals surface area contributed by atoms with Crippen LogP contribution in [0.5, 0.6) is 0 Å². The molecule has 6 heterocycles. The lowest BCUT2D eigenvalue weighted by Crippen LogP contribution is -2.11. The van der Waals surface area contributed by atoms with Crippen molar-refractivity contribution in [3.05, 3.63) is 218 Å². The van der Waals surface area contributed by atoms with E-state index in [-0.39, 0.29) is 16.2 Å². The van der Waals surface area contributed by atoms with E-state index in [9.17, 15) is 0 Å². The zero-order valence-corrected chi connectivity index (χ0v) is 42.7. The van der Waals surface area contributed by atoms with Crippen LogP contribution in [0.15, 0.2) is 201 Å². The lowest BCUT2D eigenvalue weighted by molar-refractivity contribution is 0.589. The van der Waals surface area contributed by atoms with Crippen molar-refractivity contribution in [1.82, 2.24) is 29.9 Å². The summed E-state index contributed by atoms with van der Waals surface area (Å²) in [5.41, 5.74) is 22.5. The van der Waals surface area contributed by atoms with Gasteiger partial charge in [-0.15, -0.1) is 0 Å². The van der Waals surface area contributed by atoms with Gasteiger partial charge in [0.15, 0.2) is 0 Å². The minimum absolute atomic E-state index is 0.0209. The molecule has 0 aliphatic carbocycles. The number of pyridine rings is 6. The molecule has 10 aromatic rings. The summed E-state index contributed by atoms with van der Waals surface area (Å²) in [6.07, 6.45) is 17.3. The first-order valence-electron chi connectivity index (χ1n) is 24.8. The summed E-state index contributed by atoms with van der Waals surface area (Å²) in [6.45, 7) is 20.1. The Morgan fingerprint density at radius 1 is 0.236 bits per heavy atom. The van der Waals surface area contributed by atoms with Crippen molar-refractivity contribution < 1.29 is 0 Å². The smallest absolute Gasteiger partial charge is 0.0704 e. The van der Waals surface area contributed by atoms with Crippen molar-refractivity contribution in [2.75, 3.05) is 0 Å². The molecule has 0 aliphatic heterocycles. The number of rotatable bonds is 9. The van der Waals surface area contributed by atoms with Crippen molar-refractivity contribution in [3.8, 4) is 101 Å². The highest BCUT2D eigenvalue weighted by molar-refractivity contribution is 5.94. The van der Waals surface area contributed by atoms with E-state index in [0.29, 0.717) is 0 Å². The van der Waals surface area contributed by atoms with Crippen LogP contribution in [0, 0.1) is 0 Å². The predicted octanol–water partition coefficient (Wildman–Crippen LogP) is 17.0. The van der Waals surface area contributed by atoms with Crippen molar-refractivity contribution in [2.24, 2.45) is 0 Å². The zero-order valence-electron chi connectivity index (χ0n) is 42.7. The second-order valence-corrected chi connectivity index (χ2v) is 21.8. The van der Waals surface area contributed by atoms with Crippen LogP contribution in [-0.2, 0) is 16.2 Å². The fraction of sp³-hybridized carbons (Fsp3) is 0.182. The summed E-state index contributed by atoms with van der Waals surface area (Å²) >= 11 is 0. The summed E-state index contributed by atoms with van der Waals surface area (Å²) in [6, 6.07) is 52.3. The van der Waals surface area contributed by atoms with Gasteiger partial charge in [-0.3, -0.25) is 29.9 Å². The molecule has 0 spiro atoms. The molecule has 0 N–H and O–H groups in total. The van der Waals surface area contributed by atoms with Crippen LogP contribution in [-0.4, -0.2) is 29.9 Å². The van der Waals surface area contributed by atoms with E-state index in [2.05, 4.69) is 208 Å². The molecule has 0 fully saturated rings. The molecule has 0 radical (unpaired) electrons. The Balaban J connectivity index is 1.09. The summed E-state index contributed by atoms with van der Waals surface area (Å²) in [5, 5.41) is 0. The zero-order chi connectivity index (χ0) is 50.2. The van der Waals surface area contributed by atoms with Gasteiger partial charge in [0.2, 0.25) is 0 Å². The van der Waals surface area contributed by atoms with Crippen LogP contribution >= 0.6 is 0 Å². The predicted molar refractivity (Wildman–Crippen MR) is 298 cm³/mol. The van der Waals surface area contributed by atoms with Gasteiger partial charge in [-0.2, -0.15) is 0 Å². The van der Waals surface area contributed by atoms with E-state index in [4.69, 9.17) is 29.9 Å². The number of nitrogens with zero attached hydrogens (tertiary/aromatic N) is 6. The first-order chi connectivity index (χ1) is 34.6. The second-order valence-electron chi connectivity index (χ2n) is 21.8. The molecule has 0 unspecified atom stereocenters. The Bertz CT molecular complexity index is 3160. The summed E-state index contributed by atoms with van der Waals surface area (Å²) in [7, 11) is 0. The van der Waals surface area contributed by atoms with Crippen molar-refractivity contribution in [2.45, 2.75) is 78.6 Å². The van der Waals surface area contributed by atoms with E-state index in [1.54, 1.807) is 0 Å². The molecule has 6 aromatic heterocycles. The molecule has 0 atom stereocenters. The van der Waals surface area contributed by atoms with Crippen LogP contribution < -0.4 is 0 Å². The highest BCUT2D eigenvalue weighted by atomic mass is 14.7. The topological polar surface area (TPSA) is 77.3 Å². The van der Waals surface area contributed by atoms with Gasteiger partial charge in [-0.05, 0) is 156 Å². The lowest BCUT2D eigenvalue weighted by Gasteiger charge is -2.19. The van der Waals surface area contributed by atoms with Gasteiger partial charge < -0.3 is 0 Å². The van der Waals surface area contributed by atoms with Gasteiger partial charge >= 0.3 is 0 Å². The normalized spacial score (nSPS) is 12.0. The van der Waals surface area contributed by atoms with Gasteiger partial charge in [-0.25, -0.2) is 0 Å². The van der Waals surface area contributed by atoms with Gasteiger partial charge in [0.1, 0.15) is 0 Å². The average Bonchev–Trinajstić information content (AvgIpc) is 3.40. The van der Waals surface area contributed by atoms with E-state index >= 15 is 0 Å². The number of hydrogen-bond donors (Lipinski definition) is 0. The molecule has 72 heavy (non-hydrogen) atoms. The third-order valence-electron chi connectivity index (χ3n) is 13.7. The van der Waals surface area contributed by atoms with Crippen LogP contribution in [0.2, 0.25) is 0 Å². The third-order valence-corrected chi connectivity index (χ3v) is 13.7. The first-order valence-corrected chi connectivity index (χ1v) is 24.8. The van der Waals surface area contributed by atoms with Gasteiger partial charge in [0.25, 0.3) is 0 Å². The minimum atomic E-state index is 0.0209. The maximum Gasteiger partial charge on any atom is 0.0704 e. The average molecular weight is 937 g/mol. The monoisotopic (exact) mass is 936 g/mol. The number of benzene rings is 4. The van der Waals surface area contributed by atoms with Crippen molar-refractivity contribution >= 4 is 0 Å². The molecule has 10 rings (SSSR count). The molecule has 0 bridgehead atoms. The molecule has 0 aliphatic rings. The maximum atomic E-state index is 4.76. The summed E-state index contributed by atoms with van der Waals surface area (Å²) < 4.78 is 0. The molecule has 6 heteroatoms. The molecule has 0 saturated carbocycles. The lowest BCUT2D eigenvalue weighted by atomic mass is 9.86. The van der Waals surface area contributed by atoms with Crippen LogP contribution in [0.1, 0.15) is 79.0 Å². The quantitative estimate of drug-likeness (QED) is 0.143. The first kappa shape index (κ1) is 47.5. The molecular formula is C66H60N6. The van der Waals surface area contributed by atoms with E-state index in [1.807, 2.05) is 55.8 Å². The van der Waals surface area contributed by atoms with Crippen LogP contribution in [0.3, 0.4) is 0 Å². The van der Waals surface area contributed by atoms with Gasteiger partial charge in [0, 0.05) is 89.2 Å². The van der Waals surface area contributed by atoms with E-state index in [1.165, 1.54) is 16.7 Å². The number of hydrogen-bond acceptors (Lipinski definition) is 6. The van der Waals surface area contributed by atoms with E-state index in [0.717, 1.165) is 101 Å². The van der Waals surface area contributed by atoms with Gasteiger partial charge in [0.05, 0.1) is 17.1 Å². The Hall–Kier alpha value is -8.22. The summed E-state index contributed by atoms with van der Waals surface area (Å²) in [5.74, 6) is 0. The molecule has 0 amide bonds. The maximum absolute atomic E-state index is 4.76. The third kappa shape index (κ3) is 10.0. The Kier molecular flexibility index (Phi) is 12.6. The largest absolute Gasteiger partial charge is 0.264 e. The molecule has 354 valence electrons. The SMILES string of the molecule is CC(C)(C)c1ccnc(-c2ccc(-c3ccncc3-c3cc(-c4cnccc4-c4ccc(-c5cc(C(C)(C)C)ccn5)cc4)cc(-c4cnccc4-c4ccc(-c5cc(C(C)(C)C)ccn5)cc4)c3)cc2)c1. The standard InChI is InChI=1S/C66H60N6/c1-64(2,3)52-22-31-70-61(37-52)46-16-10-43(11-17-46)55-25-28-67-40-58(55)49-34-50(59-41-68-29-26-56(59)44-12-18-47(19-13-44)62-38-53(23-32-71-62)65(4,5)6)36-51(35-49)60-42-69-30-27-57(60)45-14-20-48(21-15-45)63-39-54(24-33-72-63)66(7,8)9/h10-42H,1-9H3. The Morgan fingerprint density at radius 2 is 0.486 bits per heavy atom. The van der Waals surface area contributed by atoms with Crippen LogP contribution in [0.25, 0.3) is 101 Å². The molecule has 4 aromatic carbocycles. The molecular weight excluding hydrogens is 877 g/mol. The van der Waals surface area contributed by atoms with Crippen molar-refractivity contribution in [3.63, 3.8) is 0 Å². The number of aromatic nitrogens is 6. The minimum Gasteiger partial charge on any atom is -0.264 e. The van der Waals surface area contributed by atoms with E-state index < -0.39 is 0 Å². The van der Waals surface area contributed by atoms with Gasteiger partial charge in [-0.1, -0.05) is 135 Å². The molecule has 0 saturated heterocycles. The highest BCUT2D eigenvalue weighted by Crippen LogP contribution is 2.43. The Morgan fingerprint density at radius 3 is 0.736 bits per heavy atom. The summed E-state index contributed by atoms with van der Waals surface area (Å²) in [4.78, 5) is 28.5. The van der Waals surface area contributed by atoms with Crippen molar-refractivity contribution in [1.29, 1.82) is 0 Å². The second kappa shape index (κ2) is 19.2. The Labute approximate surface area is 425 Å². The fourth-order valence-corrected chi connectivity index (χ4v) is 9.35. The highest BCUT2D eigenvalue weighted by Gasteiger charge is 2.20.